The van der Waals surface area contributed by atoms with E-state index < -0.39 is 11.9 Å². The number of carbonyl (C=O) groups excluding carboxylic acids is 2. The van der Waals surface area contributed by atoms with Gasteiger partial charge in [-0.3, -0.25) is 0 Å². The second kappa shape index (κ2) is 3.64. The van der Waals surface area contributed by atoms with Crippen molar-refractivity contribution in [1.29, 1.82) is 0 Å². The topological polar surface area (TPSA) is 52.6 Å². The summed E-state index contributed by atoms with van der Waals surface area (Å²) in [6.07, 6.45) is 0. The van der Waals surface area contributed by atoms with Gasteiger partial charge in [0, 0.05) is 21.7 Å². The maximum atomic E-state index is 10.1. The van der Waals surface area contributed by atoms with Gasteiger partial charge in [0.25, 0.3) is 0 Å². The molecule has 4 nitrogen and oxygen atoms in total. The Balaban J connectivity index is 0.000000640. The first-order valence-corrected chi connectivity index (χ1v) is 2.14. The molecule has 0 saturated carbocycles. The zero-order chi connectivity index (χ0) is 5.98. The van der Waals surface area contributed by atoms with Gasteiger partial charge < -0.3 is 9.47 Å². The summed E-state index contributed by atoms with van der Waals surface area (Å²) >= 11 is 0. The van der Waals surface area contributed by atoms with E-state index in [4.69, 9.17) is 0 Å². The summed E-state index contributed by atoms with van der Waals surface area (Å²) in [6.45, 7) is 0.370. The molecule has 0 aromatic carbocycles. The van der Waals surface area contributed by atoms with E-state index >= 15 is 0 Å². The predicted octanol–water partition coefficient (Wildman–Crippen LogP) is -0.916. The molecule has 0 aromatic heterocycles. The van der Waals surface area contributed by atoms with Crippen LogP contribution in [0.15, 0.2) is 0 Å². The molecule has 0 unspecified atom stereocenters. The van der Waals surface area contributed by atoms with Gasteiger partial charge in [0.1, 0.15) is 13.2 Å². The molecule has 0 bridgehead atoms. The molecule has 1 heterocycles. The molecular weight excluding hydrogens is 160 g/mol. The van der Waals surface area contributed by atoms with Gasteiger partial charge in [0.2, 0.25) is 0 Å². The van der Waals surface area contributed by atoms with Crippen LogP contribution in [-0.2, 0) is 40.8 Å². The van der Waals surface area contributed by atoms with Crippen LogP contribution in [0.3, 0.4) is 0 Å². The predicted molar refractivity (Wildman–Crippen MR) is 21.9 cm³/mol. The minimum Gasteiger partial charge on any atom is -0.454 e. The first kappa shape index (κ1) is 8.65. The molecule has 0 spiro atoms. The maximum absolute atomic E-state index is 10.1. The summed E-state index contributed by atoms with van der Waals surface area (Å²) in [4.78, 5) is 20.2. The smallest absolute Gasteiger partial charge is 0.417 e. The van der Waals surface area contributed by atoms with Crippen LogP contribution in [0.2, 0.25) is 0 Å². The van der Waals surface area contributed by atoms with Crippen LogP contribution in [0, 0.1) is 0 Å². The first-order chi connectivity index (χ1) is 3.80. The summed E-state index contributed by atoms with van der Waals surface area (Å²) in [5.41, 5.74) is 0. The molecule has 48 valence electrons. The quantitative estimate of drug-likeness (QED) is 0.264. The molecule has 0 N–H and O–H groups in total. The second-order valence-electron chi connectivity index (χ2n) is 1.27. The van der Waals surface area contributed by atoms with Crippen LogP contribution < -0.4 is 0 Å². The zero-order valence-electron chi connectivity index (χ0n) is 4.55. The van der Waals surface area contributed by atoms with E-state index in [0.717, 1.165) is 0 Å². The molecule has 0 aromatic rings. The van der Waals surface area contributed by atoms with Gasteiger partial charge in [0.05, 0.1) is 0 Å². The van der Waals surface area contributed by atoms with Crippen LogP contribution in [0.5, 0.6) is 0 Å². The first-order valence-electron chi connectivity index (χ1n) is 2.14. The van der Waals surface area contributed by atoms with Crippen molar-refractivity contribution >= 4 is 11.9 Å². The van der Waals surface area contributed by atoms with Crippen LogP contribution in [0.25, 0.3) is 0 Å². The average molecular weight is 164 g/mol. The minimum atomic E-state index is -0.892. The van der Waals surface area contributed by atoms with E-state index in [0.29, 0.717) is 0 Å². The fourth-order valence-corrected chi connectivity index (χ4v) is 0.387. The normalized spacial score (nSPS) is 17.3. The molecule has 5 heteroatoms. The Labute approximate surface area is 66.4 Å². The number of carbonyl (C=O) groups is 2. The van der Waals surface area contributed by atoms with Crippen molar-refractivity contribution in [2.75, 3.05) is 13.2 Å². The molecule has 1 aliphatic rings. The zero-order valence-corrected chi connectivity index (χ0v) is 6.11. The van der Waals surface area contributed by atoms with E-state index in [2.05, 4.69) is 9.47 Å². The third-order valence-electron chi connectivity index (χ3n) is 0.716. The van der Waals surface area contributed by atoms with Gasteiger partial charge in [0.15, 0.2) is 0 Å². The molecule has 1 rings (SSSR count). The van der Waals surface area contributed by atoms with Crippen LogP contribution in [0.4, 0.5) is 0 Å². The van der Waals surface area contributed by atoms with Crippen molar-refractivity contribution in [1.82, 2.24) is 0 Å². The largest absolute Gasteiger partial charge is 0.454 e. The summed E-state index contributed by atoms with van der Waals surface area (Å²) in [6, 6.07) is 0. The summed E-state index contributed by atoms with van der Waals surface area (Å²) in [5, 5.41) is 0. The SMILES string of the molecule is O=C1OCCOC1=O.[Ti]. The minimum absolute atomic E-state index is 0. The summed E-state index contributed by atoms with van der Waals surface area (Å²) < 4.78 is 8.55. The summed E-state index contributed by atoms with van der Waals surface area (Å²) in [7, 11) is 0. The van der Waals surface area contributed by atoms with Gasteiger partial charge in [-0.25, -0.2) is 9.59 Å². The van der Waals surface area contributed by atoms with Gasteiger partial charge in [-0.1, -0.05) is 0 Å². The standard InChI is InChI=1S/C4H4O4.Ti/c5-3-4(6)8-2-1-7-3;/h1-2H2;. The van der Waals surface area contributed by atoms with Crippen molar-refractivity contribution in [2.45, 2.75) is 0 Å². The van der Waals surface area contributed by atoms with E-state index in [1.807, 2.05) is 0 Å². The van der Waals surface area contributed by atoms with E-state index in [-0.39, 0.29) is 34.9 Å². The molecule has 0 radical (unpaired) electrons. The van der Waals surface area contributed by atoms with Crippen molar-refractivity contribution in [3.63, 3.8) is 0 Å². The fourth-order valence-electron chi connectivity index (χ4n) is 0.387. The van der Waals surface area contributed by atoms with Crippen molar-refractivity contribution in [2.24, 2.45) is 0 Å². The molecule has 9 heavy (non-hydrogen) atoms. The molecule has 1 saturated heterocycles. The Morgan fingerprint density at radius 2 is 1.33 bits per heavy atom. The molecular formula is C4H4O4Ti. The number of cyclic esters (lactones) is 2. The number of ether oxygens (including phenoxy) is 2. The van der Waals surface area contributed by atoms with Gasteiger partial charge in [-0.2, -0.15) is 0 Å². The van der Waals surface area contributed by atoms with Gasteiger partial charge in [-0.15, -0.1) is 0 Å². The second-order valence-corrected chi connectivity index (χ2v) is 1.27. The van der Waals surface area contributed by atoms with E-state index in [9.17, 15) is 9.59 Å². The van der Waals surface area contributed by atoms with Gasteiger partial charge >= 0.3 is 11.9 Å². The molecule has 1 fully saturated rings. The third-order valence-corrected chi connectivity index (χ3v) is 0.716. The molecule has 0 aliphatic carbocycles. The molecule has 0 atom stereocenters. The van der Waals surface area contributed by atoms with Crippen LogP contribution >= 0.6 is 0 Å². The number of hydrogen-bond donors (Lipinski definition) is 0. The molecule has 0 amide bonds. The Bertz CT molecular complexity index is 117. The Hall–Kier alpha value is -0.346. The number of rotatable bonds is 0. The van der Waals surface area contributed by atoms with Crippen LogP contribution in [0.1, 0.15) is 0 Å². The number of hydrogen-bond acceptors (Lipinski definition) is 4. The third kappa shape index (κ3) is 2.16. The number of esters is 2. The fraction of sp³-hybridized carbons (Fsp3) is 0.500. The van der Waals surface area contributed by atoms with Crippen molar-refractivity contribution in [3.05, 3.63) is 0 Å². The Morgan fingerprint density at radius 3 is 1.56 bits per heavy atom. The van der Waals surface area contributed by atoms with Crippen molar-refractivity contribution in [3.8, 4) is 0 Å². The average Bonchev–Trinajstić information content (AvgIpc) is 1.77. The Morgan fingerprint density at radius 1 is 1.00 bits per heavy atom. The van der Waals surface area contributed by atoms with Crippen LogP contribution in [-0.4, -0.2) is 25.2 Å². The molecule has 1 aliphatic heterocycles. The van der Waals surface area contributed by atoms with Gasteiger partial charge in [-0.05, 0) is 0 Å². The summed E-state index contributed by atoms with van der Waals surface area (Å²) in [5.74, 6) is -1.78. The maximum Gasteiger partial charge on any atom is 0.417 e. The van der Waals surface area contributed by atoms with Crippen molar-refractivity contribution < 1.29 is 40.8 Å². The van der Waals surface area contributed by atoms with E-state index in [1.165, 1.54) is 0 Å². The Kier molecular flexibility index (Phi) is 3.50. The van der Waals surface area contributed by atoms with E-state index in [1.54, 1.807) is 0 Å². The monoisotopic (exact) mass is 164 g/mol.